The molecule has 6 heteroatoms. The first kappa shape index (κ1) is 52.9. The number of ether oxygens (including phenoxy) is 1. The molecule has 5 nitrogen and oxygen atoms in total. The van der Waals surface area contributed by atoms with E-state index in [4.69, 9.17) is 9.72 Å². The second-order valence-corrected chi connectivity index (χ2v) is 23.3. The predicted octanol–water partition coefficient (Wildman–Crippen LogP) is 18.4. The van der Waals surface area contributed by atoms with Crippen molar-refractivity contribution in [2.75, 3.05) is 9.80 Å². The Morgan fingerprint density at radius 3 is 1.88 bits per heavy atom. The molecule has 0 N–H and O–H groups in total. The van der Waals surface area contributed by atoms with Crippen molar-refractivity contribution in [3.8, 4) is 28.4 Å². The molecule has 0 atom stereocenters. The first-order valence-electron chi connectivity index (χ1n) is 25.2. The summed E-state index contributed by atoms with van der Waals surface area (Å²) in [5.74, 6) is 2.35. The molecule has 7 aromatic carbocycles. The number of nitrogens with zero attached hydrogens (tertiary/aromatic N) is 4. The minimum atomic E-state index is -0.217. The first-order valence-corrected chi connectivity index (χ1v) is 25.2. The Labute approximate surface area is 450 Å². The maximum atomic E-state index is 7.05. The summed E-state index contributed by atoms with van der Waals surface area (Å²) in [5.41, 5.74) is 15.6. The molecule has 0 bridgehead atoms. The second kappa shape index (κ2) is 19.8. The largest absolute Gasteiger partial charge is 4.00 e. The van der Waals surface area contributed by atoms with Gasteiger partial charge < -0.3 is 26.5 Å². The molecular formula is C67H70N4OPt. The molecular weight excluding hydrogens is 1070 g/mol. The summed E-state index contributed by atoms with van der Waals surface area (Å²) < 4.78 is 9.27. The van der Waals surface area contributed by atoms with Gasteiger partial charge in [-0.05, 0) is 109 Å². The molecule has 73 heavy (non-hydrogen) atoms. The summed E-state index contributed by atoms with van der Waals surface area (Å²) in [6.45, 7) is 32.1. The second-order valence-electron chi connectivity index (χ2n) is 23.3. The van der Waals surface area contributed by atoms with E-state index in [9.17, 15) is 0 Å². The number of hydrogen-bond donors (Lipinski definition) is 0. The van der Waals surface area contributed by atoms with Crippen LogP contribution in [0.2, 0.25) is 0 Å². The van der Waals surface area contributed by atoms with E-state index >= 15 is 0 Å². The van der Waals surface area contributed by atoms with E-state index in [-0.39, 0.29) is 50.2 Å². The zero-order chi connectivity index (χ0) is 50.2. The molecule has 0 amide bonds. The summed E-state index contributed by atoms with van der Waals surface area (Å²) in [6, 6.07) is 62.5. The van der Waals surface area contributed by atoms with Crippen molar-refractivity contribution in [1.82, 2.24) is 9.55 Å². The maximum absolute atomic E-state index is 7.05. The minimum Gasteiger partial charge on any atom is -0.509 e. The third-order valence-corrected chi connectivity index (χ3v) is 14.4. The Bertz CT molecular complexity index is 3450. The molecule has 0 aliphatic carbocycles. The number of aromatic nitrogens is 2. The number of rotatable bonds is 9. The number of fused-ring (bicyclic) bond motifs is 4. The molecule has 0 unspecified atom stereocenters. The van der Waals surface area contributed by atoms with Crippen LogP contribution < -0.4 is 14.5 Å². The van der Waals surface area contributed by atoms with Crippen molar-refractivity contribution in [1.29, 1.82) is 0 Å². The van der Waals surface area contributed by atoms with Gasteiger partial charge in [0.05, 0.1) is 0 Å². The van der Waals surface area contributed by atoms with E-state index in [0.717, 1.165) is 61.5 Å². The van der Waals surface area contributed by atoms with Crippen LogP contribution in [0, 0.1) is 26.2 Å². The van der Waals surface area contributed by atoms with Crippen LogP contribution in [-0.2, 0) is 42.7 Å². The quantitative estimate of drug-likeness (QED) is 0.135. The maximum Gasteiger partial charge on any atom is 4.00 e. The van der Waals surface area contributed by atoms with Gasteiger partial charge in [0.15, 0.2) is 0 Å². The van der Waals surface area contributed by atoms with E-state index in [1.807, 2.05) is 12.3 Å². The molecule has 9 aromatic rings. The number of para-hydroxylation sites is 1. The molecule has 0 saturated heterocycles. The minimum absolute atomic E-state index is 0. The summed E-state index contributed by atoms with van der Waals surface area (Å²) >= 11 is 0. The van der Waals surface area contributed by atoms with Gasteiger partial charge in [-0.25, -0.2) is 4.98 Å². The van der Waals surface area contributed by atoms with Crippen molar-refractivity contribution in [2.45, 2.75) is 118 Å². The smallest absolute Gasteiger partial charge is 0.509 e. The number of anilines is 4. The summed E-state index contributed by atoms with van der Waals surface area (Å²) in [4.78, 5) is 9.62. The average molecular weight is 1140 g/mol. The third-order valence-electron chi connectivity index (χ3n) is 14.4. The fourth-order valence-electron chi connectivity index (χ4n) is 10.3. The van der Waals surface area contributed by atoms with Crippen LogP contribution in [-0.4, -0.2) is 9.55 Å². The van der Waals surface area contributed by atoms with E-state index < -0.39 is 0 Å². The van der Waals surface area contributed by atoms with Gasteiger partial charge in [0.2, 0.25) is 0 Å². The van der Waals surface area contributed by atoms with Crippen molar-refractivity contribution >= 4 is 44.6 Å². The molecule has 3 heterocycles. The Kier molecular flexibility index (Phi) is 14.3. The van der Waals surface area contributed by atoms with Crippen LogP contribution in [0.4, 0.5) is 22.7 Å². The van der Waals surface area contributed by atoms with Crippen LogP contribution in [0.5, 0.6) is 11.5 Å². The molecule has 0 fully saturated rings. The van der Waals surface area contributed by atoms with Gasteiger partial charge in [-0.1, -0.05) is 180 Å². The molecule has 1 aliphatic heterocycles. The van der Waals surface area contributed by atoms with Crippen LogP contribution >= 0.6 is 0 Å². The van der Waals surface area contributed by atoms with Gasteiger partial charge in [0.25, 0.3) is 0 Å². The topological polar surface area (TPSA) is 33.5 Å². The summed E-state index contributed by atoms with van der Waals surface area (Å²) in [5, 5.41) is 2.23. The van der Waals surface area contributed by atoms with Crippen molar-refractivity contribution < 1.29 is 25.8 Å². The third kappa shape index (κ3) is 10.0. The van der Waals surface area contributed by atoms with Crippen LogP contribution in [0.15, 0.2) is 158 Å². The molecule has 374 valence electrons. The van der Waals surface area contributed by atoms with E-state index in [0.29, 0.717) is 17.4 Å². The molecule has 0 spiro atoms. The SMILES string of the molecule is CC(C)c1ccccc1-c1cc(Oc2[c-]c3c(cc2)c2ccccc2n3-c2cc(C(C)(C)C)ccn2)[c-]c(N2[CH-]N(c3cccc(C(C)(C)c4ccccc4)c3)c3cc(C(C)(C)C)c(C(C)(C)C)cc32)c1.[CH3-].[Pt+4]. The Balaban J connectivity index is 0.00000356. The standard InChI is InChI=1S/C66H67N4O.CH3.Pt/c1-43(2)52-26-17-18-27-53(52)44-34-49(38-51(35-44)71-50-30-31-55-54-28-19-20-29-58(54)70(59(55)39-50)62-37-46(32-33-67-62)63(3,4)5)69-42-68(60-40-56(64(6,7)8)57(41-61(60)69)65(9,10)11)48-25-21-24-47(36-48)66(12,13)45-22-15-14-16-23-45;;/h14-37,40-43H,1-13H3;1H3;/q-3;-1;+4. The van der Waals surface area contributed by atoms with Crippen LogP contribution in [0.25, 0.3) is 38.8 Å². The zero-order valence-corrected chi connectivity index (χ0v) is 47.5. The summed E-state index contributed by atoms with van der Waals surface area (Å²) in [7, 11) is 0. The summed E-state index contributed by atoms with van der Waals surface area (Å²) in [6.07, 6.45) is 1.92. The van der Waals surface area contributed by atoms with Crippen molar-refractivity contribution in [2.24, 2.45) is 0 Å². The van der Waals surface area contributed by atoms with Gasteiger partial charge in [-0.2, -0.15) is 6.07 Å². The molecule has 0 saturated carbocycles. The van der Waals surface area contributed by atoms with E-state index in [2.05, 4.69) is 269 Å². The van der Waals surface area contributed by atoms with Crippen LogP contribution in [0.1, 0.15) is 129 Å². The molecule has 0 radical (unpaired) electrons. The molecule has 10 rings (SSSR count). The fraction of sp³-hybridized carbons (Fsp3) is 0.269. The number of hydrogen-bond acceptors (Lipinski definition) is 4. The van der Waals surface area contributed by atoms with Gasteiger partial charge in [-0.15, -0.1) is 53.6 Å². The normalized spacial score (nSPS) is 13.1. The predicted molar refractivity (Wildman–Crippen MR) is 305 cm³/mol. The van der Waals surface area contributed by atoms with Gasteiger partial charge in [0.1, 0.15) is 5.82 Å². The van der Waals surface area contributed by atoms with Gasteiger partial charge in [-0.3, -0.25) is 0 Å². The first-order chi connectivity index (χ1) is 33.7. The average Bonchev–Trinajstić information content (AvgIpc) is 3.89. The Morgan fingerprint density at radius 1 is 0.548 bits per heavy atom. The van der Waals surface area contributed by atoms with Gasteiger partial charge >= 0.3 is 21.1 Å². The molecule has 1 aliphatic rings. The Morgan fingerprint density at radius 2 is 1.19 bits per heavy atom. The number of benzene rings is 7. The Hall–Kier alpha value is -6.42. The molecule has 2 aromatic heterocycles. The number of pyridine rings is 1. The zero-order valence-electron chi connectivity index (χ0n) is 45.2. The van der Waals surface area contributed by atoms with Crippen LogP contribution in [0.3, 0.4) is 0 Å². The van der Waals surface area contributed by atoms with E-state index in [1.165, 1.54) is 33.4 Å². The van der Waals surface area contributed by atoms with E-state index in [1.54, 1.807) is 0 Å². The fourth-order valence-corrected chi connectivity index (χ4v) is 10.3. The van der Waals surface area contributed by atoms with Crippen molar-refractivity contribution in [3.63, 3.8) is 0 Å². The van der Waals surface area contributed by atoms with Crippen molar-refractivity contribution in [3.05, 3.63) is 217 Å². The van der Waals surface area contributed by atoms with Gasteiger partial charge in [0, 0.05) is 45.7 Å². The monoisotopic (exact) mass is 1140 g/mol.